The van der Waals surface area contributed by atoms with Crippen LogP contribution in [-0.4, -0.2) is 37.1 Å². The lowest BCUT2D eigenvalue weighted by Gasteiger charge is -1.98. The largest absolute Gasteiger partial charge is 1.00 e. The van der Waals surface area contributed by atoms with Gasteiger partial charge in [0.25, 0.3) is 0 Å². The van der Waals surface area contributed by atoms with Crippen molar-refractivity contribution in [3.05, 3.63) is 59.7 Å². The van der Waals surface area contributed by atoms with Crippen LogP contribution in [0.4, 0.5) is 11.4 Å². The van der Waals surface area contributed by atoms with Crippen molar-refractivity contribution in [3.8, 4) is 0 Å². The molecule has 0 radical (unpaired) electrons. The van der Waals surface area contributed by atoms with Crippen LogP contribution in [0.5, 0.6) is 0 Å². The van der Waals surface area contributed by atoms with E-state index in [0.29, 0.717) is 22.5 Å². The maximum absolute atomic E-state index is 11.0. The minimum Gasteiger partial charge on any atom is -1.00 e. The lowest BCUT2D eigenvalue weighted by molar-refractivity contribution is -0.256. The normalized spacial score (nSPS) is 7.85. The summed E-state index contributed by atoms with van der Waals surface area (Å²) in [7, 11) is 2.71. The Balaban J connectivity index is -0.000000161. The Morgan fingerprint density at radius 1 is 0.692 bits per heavy atom. The van der Waals surface area contributed by atoms with E-state index in [9.17, 15) is 9.59 Å². The number of quaternary nitrogens is 2. The molecule has 0 spiro atoms. The predicted octanol–water partition coefficient (Wildman–Crippen LogP) is -6.95. The molecule has 0 aromatic heterocycles. The fraction of sp³-hybridized carbons (Fsp3) is 0.125. The molecule has 0 saturated heterocycles. The number of benzene rings is 2. The second kappa shape index (κ2) is 16.3. The summed E-state index contributed by atoms with van der Waals surface area (Å²) in [5, 5.41) is 0. The van der Waals surface area contributed by atoms with Crippen LogP contribution in [0.2, 0.25) is 0 Å². The monoisotopic (exact) mass is 410 g/mol. The molecule has 0 heterocycles. The van der Waals surface area contributed by atoms with Gasteiger partial charge in [-0.2, -0.15) is 0 Å². The van der Waals surface area contributed by atoms with Crippen LogP contribution >= 0.6 is 0 Å². The Morgan fingerprint density at radius 2 is 0.962 bits per heavy atom. The third kappa shape index (κ3) is 9.33. The molecule has 148 valence electrons. The Kier molecular flexibility index (Phi) is 19.8. The minimum atomic E-state index is -0.337. The Morgan fingerprint density at radius 3 is 1.19 bits per heavy atom. The summed E-state index contributed by atoms with van der Waals surface area (Å²) >= 11 is 0. The van der Waals surface area contributed by atoms with E-state index in [-0.39, 0.29) is 47.7 Å². The standard InChI is InChI=1S/2C8H9NO2.2ClH.2H2O/c2*1-11-8(10)6-4-2-3-5-7(6)9;;;;/h2*2-5H,9H2,1H3;2*1H;2*1H2. The van der Waals surface area contributed by atoms with Crippen LogP contribution in [0.25, 0.3) is 0 Å². The Bertz CT molecular complexity index is 613. The molecule has 0 atom stereocenters. The molecule has 10 N–H and O–H groups in total. The Labute approximate surface area is 163 Å². The summed E-state index contributed by atoms with van der Waals surface area (Å²) in [6.07, 6.45) is 0. The molecule has 0 aliphatic carbocycles. The van der Waals surface area contributed by atoms with E-state index in [0.717, 1.165) is 0 Å². The van der Waals surface area contributed by atoms with E-state index >= 15 is 0 Å². The van der Waals surface area contributed by atoms with Gasteiger partial charge in [-0.25, -0.2) is 9.59 Å². The van der Waals surface area contributed by atoms with Crippen LogP contribution in [0, 0.1) is 0 Å². The van der Waals surface area contributed by atoms with Crippen molar-refractivity contribution in [1.29, 1.82) is 0 Å². The van der Waals surface area contributed by atoms with Crippen molar-refractivity contribution in [1.82, 2.24) is 0 Å². The molecule has 2 aromatic rings. The summed E-state index contributed by atoms with van der Waals surface area (Å²) in [4.78, 5) is 21.9. The van der Waals surface area contributed by atoms with Gasteiger partial charge in [0, 0.05) is 0 Å². The lowest BCUT2D eigenvalue weighted by atomic mass is 10.2. The molecule has 0 saturated carbocycles. The van der Waals surface area contributed by atoms with Crippen LogP contribution in [-0.2, 0) is 9.47 Å². The molecule has 10 heteroatoms. The van der Waals surface area contributed by atoms with Crippen LogP contribution < -0.4 is 36.3 Å². The van der Waals surface area contributed by atoms with Gasteiger partial charge in [0.15, 0.2) is 0 Å². The number of carbonyl (C=O) groups excluding carboxylic acids is 2. The highest BCUT2D eigenvalue weighted by molar-refractivity contribution is 5.93. The van der Waals surface area contributed by atoms with Gasteiger partial charge in [-0.15, -0.1) is 0 Å². The number of ether oxygens (including phenoxy) is 2. The highest BCUT2D eigenvalue weighted by atomic mass is 35.5. The fourth-order valence-corrected chi connectivity index (χ4v) is 1.66. The summed E-state index contributed by atoms with van der Waals surface area (Å²) in [5.41, 5.74) is 9.81. The second-order valence-electron chi connectivity index (χ2n) is 4.30. The predicted molar refractivity (Wildman–Crippen MR) is 87.9 cm³/mol. The van der Waals surface area contributed by atoms with Crippen molar-refractivity contribution in [2.45, 2.75) is 0 Å². The zero-order valence-corrected chi connectivity index (χ0v) is 15.9. The molecule has 0 bridgehead atoms. The maximum Gasteiger partial charge on any atom is 0.343 e. The molecular formula is C16H24Cl2N2O6. The third-order valence-electron chi connectivity index (χ3n) is 2.85. The van der Waals surface area contributed by atoms with Crippen molar-refractivity contribution >= 4 is 23.3 Å². The highest BCUT2D eigenvalue weighted by Gasteiger charge is 2.10. The zero-order valence-electron chi connectivity index (χ0n) is 14.4. The summed E-state index contributed by atoms with van der Waals surface area (Å²) in [6, 6.07) is 14.1. The SMILES string of the molecule is COC(=O)c1ccccc1[NH3+].COC(=O)c1ccccc1[NH3+].O.O.[Cl-].[Cl-]. The van der Waals surface area contributed by atoms with Gasteiger partial charge in [-0.3, -0.25) is 0 Å². The molecule has 2 rings (SSSR count). The van der Waals surface area contributed by atoms with Crippen LogP contribution in [0.3, 0.4) is 0 Å². The summed E-state index contributed by atoms with van der Waals surface area (Å²) in [5.74, 6) is -0.675. The van der Waals surface area contributed by atoms with E-state index < -0.39 is 0 Å². The quantitative estimate of drug-likeness (QED) is 0.468. The Hall–Kier alpha value is -2.20. The number of carbonyl (C=O) groups is 2. The van der Waals surface area contributed by atoms with Crippen molar-refractivity contribution in [2.75, 3.05) is 14.2 Å². The molecule has 0 amide bonds. The van der Waals surface area contributed by atoms with Crippen molar-refractivity contribution < 1.29 is 66.3 Å². The molecule has 2 aromatic carbocycles. The highest BCUT2D eigenvalue weighted by Crippen LogP contribution is 2.09. The van der Waals surface area contributed by atoms with E-state index in [1.807, 2.05) is 12.1 Å². The molecule has 0 unspecified atom stereocenters. The first-order valence-corrected chi connectivity index (χ1v) is 6.49. The number of hydrogen-bond donors (Lipinski definition) is 2. The number of rotatable bonds is 2. The first-order chi connectivity index (χ1) is 10.5. The first-order valence-electron chi connectivity index (χ1n) is 6.49. The molecule has 0 aliphatic heterocycles. The molecular weight excluding hydrogens is 387 g/mol. The van der Waals surface area contributed by atoms with Crippen molar-refractivity contribution in [2.24, 2.45) is 0 Å². The maximum atomic E-state index is 11.0. The molecule has 0 aliphatic rings. The fourth-order valence-electron chi connectivity index (χ4n) is 1.66. The number of hydrogen-bond acceptors (Lipinski definition) is 4. The van der Waals surface area contributed by atoms with Crippen molar-refractivity contribution in [3.63, 3.8) is 0 Å². The van der Waals surface area contributed by atoms with Gasteiger partial charge in [-0.05, 0) is 24.3 Å². The molecule has 26 heavy (non-hydrogen) atoms. The minimum absolute atomic E-state index is 0. The van der Waals surface area contributed by atoms with E-state index in [2.05, 4.69) is 20.9 Å². The van der Waals surface area contributed by atoms with Crippen LogP contribution in [0.15, 0.2) is 48.5 Å². The summed E-state index contributed by atoms with van der Waals surface area (Å²) < 4.78 is 9.08. The third-order valence-corrected chi connectivity index (χ3v) is 2.85. The van der Waals surface area contributed by atoms with Gasteiger partial charge >= 0.3 is 11.9 Å². The van der Waals surface area contributed by atoms with Gasteiger partial charge in [0.05, 0.1) is 14.2 Å². The van der Waals surface area contributed by atoms with Crippen LogP contribution in [0.1, 0.15) is 20.7 Å². The average molecular weight is 411 g/mol. The van der Waals surface area contributed by atoms with Gasteiger partial charge in [-0.1, -0.05) is 24.3 Å². The van der Waals surface area contributed by atoms with E-state index in [1.165, 1.54) is 14.2 Å². The number of halogens is 2. The van der Waals surface area contributed by atoms with Gasteiger partial charge in [0.1, 0.15) is 22.5 Å². The molecule has 8 nitrogen and oxygen atoms in total. The number of methoxy groups -OCH3 is 2. The second-order valence-corrected chi connectivity index (χ2v) is 4.30. The average Bonchev–Trinajstić information content (AvgIpc) is 2.55. The van der Waals surface area contributed by atoms with E-state index in [4.69, 9.17) is 0 Å². The smallest absolute Gasteiger partial charge is 0.343 e. The lowest BCUT2D eigenvalue weighted by Crippen LogP contribution is -3.00. The first kappa shape index (κ1) is 31.6. The molecule has 0 fully saturated rings. The topological polar surface area (TPSA) is 171 Å². The van der Waals surface area contributed by atoms with Gasteiger partial charge < -0.3 is 56.7 Å². The van der Waals surface area contributed by atoms with Gasteiger partial charge in [0.2, 0.25) is 0 Å². The summed E-state index contributed by atoms with van der Waals surface area (Å²) in [6.45, 7) is 0. The van der Waals surface area contributed by atoms with E-state index in [1.54, 1.807) is 36.4 Å². The number of esters is 2. The zero-order chi connectivity index (χ0) is 16.5.